The quantitative estimate of drug-likeness (QED) is 0.240. The maximum absolute atomic E-state index is 15.1. The zero-order valence-corrected chi connectivity index (χ0v) is 28.2. The maximum atomic E-state index is 15.1. The van der Waals surface area contributed by atoms with Crippen molar-refractivity contribution >= 4 is 23.6 Å². The number of carboxylic acids is 1. The molecule has 0 radical (unpaired) electrons. The standard InChI is InChI=1S/C38H44O8/c1-20(2)10-11-24-30-23(14-15-34(6,7)44-30)28(39)27-29(40)25-18-36(16-12-21(3)4)19-26-35(8,9)46-37(33(36)43,17-13-22(5)32(41)42)38(25,26)45-31(24)27/h10,12-15,18,26,39H,11,16-17,19H2,1-9H3,(H,41,42)/b22-13-/t26-,36+,37-,38+/m1/s1. The molecule has 2 N–H and O–H groups in total. The smallest absolute Gasteiger partial charge is 0.330 e. The maximum Gasteiger partial charge on any atom is 0.330 e. The lowest BCUT2D eigenvalue weighted by Crippen LogP contribution is -2.74. The highest BCUT2D eigenvalue weighted by Gasteiger charge is 2.84. The summed E-state index contributed by atoms with van der Waals surface area (Å²) in [5.41, 5.74) is -2.43. The predicted molar refractivity (Wildman–Crippen MR) is 174 cm³/mol. The van der Waals surface area contributed by atoms with E-state index < -0.39 is 45.5 Å². The van der Waals surface area contributed by atoms with Gasteiger partial charge in [0.25, 0.3) is 0 Å². The molecule has 1 spiro atoms. The van der Waals surface area contributed by atoms with Crippen LogP contribution in [-0.2, 0) is 20.7 Å². The number of carbonyl (C=O) groups excluding carboxylic acids is 2. The number of rotatable bonds is 7. The second-order valence-corrected chi connectivity index (χ2v) is 15.2. The van der Waals surface area contributed by atoms with Crippen molar-refractivity contribution in [2.75, 3.05) is 0 Å². The van der Waals surface area contributed by atoms with Crippen LogP contribution < -0.4 is 9.47 Å². The zero-order valence-electron chi connectivity index (χ0n) is 28.2. The lowest BCUT2D eigenvalue weighted by atomic mass is 9.45. The van der Waals surface area contributed by atoms with Crippen LogP contribution in [0.4, 0.5) is 0 Å². The number of Topliss-reactive ketones (excluding diaryl/α,β-unsaturated/α-hetero) is 2. The molecule has 3 heterocycles. The third-order valence-electron chi connectivity index (χ3n) is 10.5. The molecule has 1 saturated heterocycles. The zero-order chi connectivity index (χ0) is 33.8. The van der Waals surface area contributed by atoms with Crippen LogP contribution in [0.2, 0.25) is 0 Å². The van der Waals surface area contributed by atoms with Gasteiger partial charge >= 0.3 is 5.97 Å². The number of ketones is 2. The molecule has 1 aromatic rings. The number of carboxylic acid groups (broad SMARTS) is 1. The Bertz CT molecular complexity index is 1760. The van der Waals surface area contributed by atoms with Gasteiger partial charge < -0.3 is 24.4 Å². The minimum absolute atomic E-state index is 0.0442. The minimum atomic E-state index is -1.69. The normalized spacial score (nSPS) is 30.8. The number of aliphatic carboxylic acids is 1. The summed E-state index contributed by atoms with van der Waals surface area (Å²) in [6.07, 6.45) is 12.0. The van der Waals surface area contributed by atoms with Gasteiger partial charge in [-0.1, -0.05) is 35.5 Å². The Morgan fingerprint density at radius 3 is 2.26 bits per heavy atom. The first-order valence-corrected chi connectivity index (χ1v) is 16.0. The summed E-state index contributed by atoms with van der Waals surface area (Å²) in [4.78, 5) is 42.0. The summed E-state index contributed by atoms with van der Waals surface area (Å²) in [6.45, 7) is 17.0. The highest BCUT2D eigenvalue weighted by molar-refractivity contribution is 6.19. The monoisotopic (exact) mass is 628 g/mol. The molecule has 6 aliphatic rings. The van der Waals surface area contributed by atoms with Gasteiger partial charge in [0.1, 0.15) is 28.4 Å². The summed E-state index contributed by atoms with van der Waals surface area (Å²) in [5, 5.41) is 21.5. The number of hydrogen-bond acceptors (Lipinski definition) is 7. The summed E-state index contributed by atoms with van der Waals surface area (Å²) in [5.74, 6) is -1.80. The molecule has 2 fully saturated rings. The van der Waals surface area contributed by atoms with E-state index in [1.54, 1.807) is 12.2 Å². The van der Waals surface area contributed by atoms with E-state index in [9.17, 15) is 19.8 Å². The van der Waals surface area contributed by atoms with Crippen molar-refractivity contribution in [3.05, 3.63) is 69.4 Å². The van der Waals surface area contributed by atoms with Crippen LogP contribution >= 0.6 is 0 Å². The Labute approximate surface area is 270 Å². The fourth-order valence-electron chi connectivity index (χ4n) is 8.21. The van der Waals surface area contributed by atoms with E-state index in [-0.39, 0.29) is 40.4 Å². The fraction of sp³-hybridized carbons (Fsp3) is 0.500. The minimum Gasteiger partial charge on any atom is -0.506 e. The molecule has 8 heteroatoms. The van der Waals surface area contributed by atoms with Crippen LogP contribution in [0.3, 0.4) is 0 Å². The molecule has 4 atom stereocenters. The van der Waals surface area contributed by atoms with Crippen LogP contribution in [0.1, 0.15) is 103 Å². The largest absolute Gasteiger partial charge is 0.506 e. The van der Waals surface area contributed by atoms with Crippen LogP contribution in [0.5, 0.6) is 17.2 Å². The molecule has 3 aliphatic carbocycles. The first kappa shape index (κ1) is 32.0. The van der Waals surface area contributed by atoms with Crippen molar-refractivity contribution in [2.45, 2.75) is 110 Å². The SMILES string of the molecule is CC(C)=CCc1c2c(c(O)c3c1O[C@@]14C(=C[C@@]5(CC=C(C)C)C[C@@H]1C(C)(C)O[C@]4(C/C=C(/C)C(=O)O)C5=O)C3=O)C=CC(C)(C)O2. The number of phenols is 1. The molecule has 0 aromatic heterocycles. The summed E-state index contributed by atoms with van der Waals surface area (Å²) in [6, 6.07) is 0. The van der Waals surface area contributed by atoms with E-state index in [0.29, 0.717) is 36.1 Å². The number of carbonyl (C=O) groups is 3. The summed E-state index contributed by atoms with van der Waals surface area (Å²) < 4.78 is 20.5. The number of ether oxygens (including phenoxy) is 3. The van der Waals surface area contributed by atoms with Crippen molar-refractivity contribution in [1.82, 2.24) is 0 Å². The molecular weight excluding hydrogens is 584 g/mol. The van der Waals surface area contributed by atoms with E-state index in [0.717, 1.165) is 11.1 Å². The van der Waals surface area contributed by atoms with Gasteiger partial charge in [-0.05, 0) is 93.7 Å². The van der Waals surface area contributed by atoms with E-state index in [1.807, 2.05) is 73.6 Å². The molecule has 8 nitrogen and oxygen atoms in total. The Hall–Kier alpha value is -3.91. The lowest BCUT2D eigenvalue weighted by Gasteiger charge is -2.60. The number of phenolic OH excluding ortho intramolecular Hbond substituents is 1. The third-order valence-corrected chi connectivity index (χ3v) is 10.5. The Morgan fingerprint density at radius 1 is 0.957 bits per heavy atom. The van der Waals surface area contributed by atoms with Crippen molar-refractivity contribution in [3.8, 4) is 17.2 Å². The molecule has 1 saturated carbocycles. The number of fused-ring (bicyclic) bond motifs is 2. The van der Waals surface area contributed by atoms with Crippen molar-refractivity contribution in [1.29, 1.82) is 0 Å². The van der Waals surface area contributed by atoms with Crippen molar-refractivity contribution in [2.24, 2.45) is 11.3 Å². The van der Waals surface area contributed by atoms with Gasteiger partial charge in [0, 0.05) is 29.0 Å². The molecule has 7 rings (SSSR count). The molecule has 244 valence electrons. The fourth-order valence-corrected chi connectivity index (χ4v) is 8.21. The summed E-state index contributed by atoms with van der Waals surface area (Å²) >= 11 is 0. The van der Waals surface area contributed by atoms with Crippen molar-refractivity contribution < 1.29 is 38.8 Å². The van der Waals surface area contributed by atoms with Crippen LogP contribution in [0.25, 0.3) is 6.08 Å². The van der Waals surface area contributed by atoms with E-state index in [1.165, 1.54) is 13.0 Å². The molecular formula is C38H44O8. The van der Waals surface area contributed by atoms with Crippen LogP contribution in [0.15, 0.2) is 52.7 Å². The van der Waals surface area contributed by atoms with Gasteiger partial charge in [0.05, 0.1) is 16.6 Å². The second-order valence-electron chi connectivity index (χ2n) is 15.2. The molecule has 1 aromatic carbocycles. The molecule has 3 aliphatic heterocycles. The Balaban J connectivity index is 1.70. The van der Waals surface area contributed by atoms with Gasteiger partial charge in [-0.25, -0.2) is 4.79 Å². The Morgan fingerprint density at radius 2 is 1.63 bits per heavy atom. The first-order chi connectivity index (χ1) is 21.3. The summed E-state index contributed by atoms with van der Waals surface area (Å²) in [7, 11) is 0. The molecule has 0 unspecified atom stereocenters. The van der Waals surface area contributed by atoms with Crippen LogP contribution in [0, 0.1) is 11.3 Å². The number of hydrogen-bond donors (Lipinski definition) is 2. The second kappa shape index (κ2) is 10.0. The lowest BCUT2D eigenvalue weighted by molar-refractivity contribution is -0.178. The number of allylic oxidation sites excluding steroid dienone is 5. The van der Waals surface area contributed by atoms with Gasteiger partial charge in [0.2, 0.25) is 0 Å². The topological polar surface area (TPSA) is 119 Å². The highest BCUT2D eigenvalue weighted by atomic mass is 16.6. The first-order valence-electron chi connectivity index (χ1n) is 16.0. The van der Waals surface area contributed by atoms with Gasteiger partial charge in [-0.3, -0.25) is 9.59 Å². The van der Waals surface area contributed by atoms with E-state index in [4.69, 9.17) is 14.2 Å². The van der Waals surface area contributed by atoms with Gasteiger partial charge in [-0.15, -0.1) is 0 Å². The van der Waals surface area contributed by atoms with Gasteiger partial charge in [-0.2, -0.15) is 0 Å². The molecule has 0 amide bonds. The van der Waals surface area contributed by atoms with Crippen molar-refractivity contribution in [3.63, 3.8) is 0 Å². The third kappa shape index (κ3) is 4.25. The number of aromatic hydroxyl groups is 1. The number of benzene rings is 1. The van der Waals surface area contributed by atoms with Gasteiger partial charge in [0.15, 0.2) is 22.8 Å². The predicted octanol–water partition coefficient (Wildman–Crippen LogP) is 7.24. The molecule has 4 bridgehead atoms. The Kier molecular flexibility index (Phi) is 7.00. The van der Waals surface area contributed by atoms with E-state index in [2.05, 4.69) is 0 Å². The average Bonchev–Trinajstić information content (AvgIpc) is 3.11. The molecule has 46 heavy (non-hydrogen) atoms. The van der Waals surface area contributed by atoms with E-state index >= 15 is 4.79 Å². The van der Waals surface area contributed by atoms with Crippen LogP contribution in [-0.4, -0.2) is 50.2 Å². The highest BCUT2D eigenvalue weighted by Crippen LogP contribution is 2.72. The average molecular weight is 629 g/mol.